The molecule has 1 aliphatic rings. The van der Waals surface area contributed by atoms with Gasteiger partial charge in [0.15, 0.2) is 0 Å². The lowest BCUT2D eigenvalue weighted by Crippen LogP contribution is -2.18. The number of oxime groups is 1. The normalized spacial score (nSPS) is 16.0. The highest BCUT2D eigenvalue weighted by Crippen LogP contribution is 2.42. The molecule has 0 spiro atoms. The van der Waals surface area contributed by atoms with E-state index in [0.717, 1.165) is 29.7 Å². The monoisotopic (exact) mass is 377 g/mol. The molecule has 2 aromatic rings. The maximum absolute atomic E-state index is 12.3. The molecule has 0 atom stereocenters. The highest BCUT2D eigenvalue weighted by atomic mass is 16.7. The van der Waals surface area contributed by atoms with Crippen molar-refractivity contribution in [1.29, 1.82) is 0 Å². The molecule has 0 bridgehead atoms. The maximum atomic E-state index is 12.3. The number of carbonyl (C=O) groups is 1. The van der Waals surface area contributed by atoms with Gasteiger partial charge >= 0.3 is 5.97 Å². The van der Waals surface area contributed by atoms with E-state index in [4.69, 9.17) is 4.84 Å². The van der Waals surface area contributed by atoms with E-state index in [2.05, 4.69) is 51.9 Å². The molecule has 0 aromatic heterocycles. The first-order chi connectivity index (χ1) is 13.0. The highest BCUT2D eigenvalue weighted by molar-refractivity contribution is 6.01. The van der Waals surface area contributed by atoms with Crippen molar-refractivity contribution in [3.8, 4) is 0 Å². The lowest BCUT2D eigenvalue weighted by atomic mass is 9.79. The molecule has 2 aromatic carbocycles. The first kappa shape index (κ1) is 20.3. The zero-order valence-electron chi connectivity index (χ0n) is 18.1. The Bertz CT molecular complexity index is 928. The van der Waals surface area contributed by atoms with Gasteiger partial charge in [-0.05, 0) is 72.4 Å². The number of nitrogens with zero attached hydrogens (tertiary/aromatic N) is 1. The van der Waals surface area contributed by atoms with Gasteiger partial charge in [0.05, 0.1) is 11.3 Å². The van der Waals surface area contributed by atoms with E-state index in [-0.39, 0.29) is 10.8 Å². The molecule has 0 aliphatic heterocycles. The summed E-state index contributed by atoms with van der Waals surface area (Å²) in [6, 6.07) is 11.9. The van der Waals surface area contributed by atoms with Crippen LogP contribution in [0.5, 0.6) is 0 Å². The average molecular weight is 378 g/mol. The molecule has 0 saturated carbocycles. The summed E-state index contributed by atoms with van der Waals surface area (Å²) < 4.78 is 0. The molecule has 1 aliphatic carbocycles. The molecule has 3 rings (SSSR count). The van der Waals surface area contributed by atoms with Crippen molar-refractivity contribution >= 4 is 11.7 Å². The van der Waals surface area contributed by atoms with Gasteiger partial charge in [0.1, 0.15) is 0 Å². The predicted octanol–water partition coefficient (Wildman–Crippen LogP) is 6.10. The average Bonchev–Trinajstić information content (AvgIpc) is 2.93. The Labute approximate surface area is 168 Å². The molecule has 0 saturated heterocycles. The molecule has 3 heteroatoms. The second kappa shape index (κ2) is 7.20. The van der Waals surface area contributed by atoms with Gasteiger partial charge in [-0.15, -0.1) is 0 Å². The summed E-state index contributed by atoms with van der Waals surface area (Å²) in [4.78, 5) is 17.6. The van der Waals surface area contributed by atoms with Crippen LogP contribution in [0.3, 0.4) is 0 Å². The van der Waals surface area contributed by atoms with Crippen LogP contribution >= 0.6 is 0 Å². The smallest absolute Gasteiger partial charge is 0.313 e. The zero-order chi connectivity index (χ0) is 20.7. The van der Waals surface area contributed by atoms with E-state index in [1.54, 1.807) is 12.1 Å². The standard InChI is InChI=1S/C25H31NO2/c1-16-8-10-18(11-9-16)23(27)28-26-17(2)21-14-19(24(3,4)5)15-22-20(21)12-13-25(22,6)7/h8-11,14-15H,12-13H2,1-7H3/b26-17-. The van der Waals surface area contributed by atoms with E-state index < -0.39 is 5.97 Å². The Balaban J connectivity index is 1.96. The molecule has 3 nitrogen and oxygen atoms in total. The Morgan fingerprint density at radius 2 is 1.75 bits per heavy atom. The largest absolute Gasteiger partial charge is 0.365 e. The molecule has 0 unspecified atom stereocenters. The van der Waals surface area contributed by atoms with Crippen LogP contribution in [-0.2, 0) is 22.1 Å². The SMILES string of the molecule is C/C(=N/OC(=O)c1ccc(C)cc1)c1cc(C(C)(C)C)cc2c1CCC2(C)C. The van der Waals surface area contributed by atoms with Crippen molar-refractivity contribution in [2.45, 2.75) is 72.1 Å². The summed E-state index contributed by atoms with van der Waals surface area (Å²) in [5.41, 5.74) is 7.69. The van der Waals surface area contributed by atoms with Crippen LogP contribution in [-0.4, -0.2) is 11.7 Å². The first-order valence-corrected chi connectivity index (χ1v) is 10.00. The third-order valence-corrected chi connectivity index (χ3v) is 5.79. The van der Waals surface area contributed by atoms with Crippen LogP contribution in [0.15, 0.2) is 41.6 Å². The van der Waals surface area contributed by atoms with Gasteiger partial charge in [-0.1, -0.05) is 63.5 Å². The maximum Gasteiger partial charge on any atom is 0.365 e. The fourth-order valence-corrected chi connectivity index (χ4v) is 3.77. The summed E-state index contributed by atoms with van der Waals surface area (Å²) in [5, 5.41) is 4.21. The van der Waals surface area contributed by atoms with E-state index in [0.29, 0.717) is 5.56 Å². The lowest BCUT2D eigenvalue weighted by Gasteiger charge is -2.26. The van der Waals surface area contributed by atoms with Crippen molar-refractivity contribution in [1.82, 2.24) is 0 Å². The fraction of sp³-hybridized carbons (Fsp3) is 0.440. The predicted molar refractivity (Wildman–Crippen MR) is 115 cm³/mol. The molecular formula is C25H31NO2. The molecule has 148 valence electrons. The summed E-state index contributed by atoms with van der Waals surface area (Å²) >= 11 is 0. The molecule has 0 fully saturated rings. The number of carbonyl (C=O) groups excluding carboxylic acids is 1. The molecule has 0 amide bonds. The minimum atomic E-state index is -0.427. The summed E-state index contributed by atoms with van der Waals surface area (Å²) in [6.45, 7) is 15.2. The van der Waals surface area contributed by atoms with Crippen molar-refractivity contribution in [3.05, 3.63) is 69.8 Å². The van der Waals surface area contributed by atoms with Gasteiger partial charge in [0.2, 0.25) is 0 Å². The van der Waals surface area contributed by atoms with Gasteiger partial charge in [-0.3, -0.25) is 0 Å². The third kappa shape index (κ3) is 4.04. The minimum absolute atomic E-state index is 0.0430. The number of benzene rings is 2. The Morgan fingerprint density at radius 3 is 2.36 bits per heavy atom. The number of aryl methyl sites for hydroxylation is 1. The van der Waals surface area contributed by atoms with Crippen molar-refractivity contribution in [2.75, 3.05) is 0 Å². The Kier molecular flexibility index (Phi) is 5.22. The first-order valence-electron chi connectivity index (χ1n) is 10.00. The molecular weight excluding hydrogens is 346 g/mol. The van der Waals surface area contributed by atoms with E-state index in [1.807, 2.05) is 26.0 Å². The van der Waals surface area contributed by atoms with Crippen molar-refractivity contribution < 1.29 is 9.63 Å². The van der Waals surface area contributed by atoms with E-state index in [9.17, 15) is 4.79 Å². The minimum Gasteiger partial charge on any atom is -0.313 e. The highest BCUT2D eigenvalue weighted by Gasteiger charge is 2.33. The quantitative estimate of drug-likeness (QED) is 0.368. The summed E-state index contributed by atoms with van der Waals surface area (Å²) in [7, 11) is 0. The molecule has 0 N–H and O–H groups in total. The van der Waals surface area contributed by atoms with Gasteiger partial charge in [-0.2, -0.15) is 0 Å². The number of hydrogen-bond donors (Lipinski definition) is 0. The van der Waals surface area contributed by atoms with Gasteiger partial charge < -0.3 is 4.84 Å². The fourth-order valence-electron chi connectivity index (χ4n) is 3.77. The Hall–Kier alpha value is -2.42. The summed E-state index contributed by atoms with van der Waals surface area (Å²) in [6.07, 6.45) is 2.15. The van der Waals surface area contributed by atoms with Crippen LogP contribution < -0.4 is 0 Å². The lowest BCUT2D eigenvalue weighted by molar-refractivity contribution is 0.0516. The molecule has 0 heterocycles. The molecule has 0 radical (unpaired) electrons. The van der Waals surface area contributed by atoms with Crippen LogP contribution in [0.1, 0.15) is 86.1 Å². The van der Waals surface area contributed by atoms with Crippen LogP contribution in [0.2, 0.25) is 0 Å². The zero-order valence-corrected chi connectivity index (χ0v) is 18.1. The van der Waals surface area contributed by atoms with Crippen molar-refractivity contribution in [2.24, 2.45) is 5.16 Å². The second-order valence-corrected chi connectivity index (χ2v) is 9.61. The number of fused-ring (bicyclic) bond motifs is 1. The summed E-state index contributed by atoms with van der Waals surface area (Å²) in [5.74, 6) is -0.427. The Morgan fingerprint density at radius 1 is 1.11 bits per heavy atom. The molecule has 28 heavy (non-hydrogen) atoms. The van der Waals surface area contributed by atoms with Crippen LogP contribution in [0.25, 0.3) is 0 Å². The second-order valence-electron chi connectivity index (χ2n) is 9.61. The number of hydrogen-bond acceptors (Lipinski definition) is 3. The van der Waals surface area contributed by atoms with E-state index in [1.165, 1.54) is 16.7 Å². The topological polar surface area (TPSA) is 38.7 Å². The van der Waals surface area contributed by atoms with Gasteiger partial charge in [0.25, 0.3) is 0 Å². The van der Waals surface area contributed by atoms with Crippen LogP contribution in [0, 0.1) is 6.92 Å². The van der Waals surface area contributed by atoms with Crippen molar-refractivity contribution in [3.63, 3.8) is 0 Å². The van der Waals surface area contributed by atoms with E-state index >= 15 is 0 Å². The number of rotatable bonds is 3. The van der Waals surface area contributed by atoms with Gasteiger partial charge in [0, 0.05) is 5.56 Å². The third-order valence-electron chi connectivity index (χ3n) is 5.79. The van der Waals surface area contributed by atoms with Gasteiger partial charge in [-0.25, -0.2) is 4.79 Å². The van der Waals surface area contributed by atoms with Crippen LogP contribution in [0.4, 0.5) is 0 Å².